The highest BCUT2D eigenvalue weighted by Crippen LogP contribution is 2.11. The van der Waals surface area contributed by atoms with Crippen molar-refractivity contribution in [1.82, 2.24) is 9.97 Å². The van der Waals surface area contributed by atoms with E-state index >= 15 is 0 Å². The standard InChI is InChI=1S/C12H12ClN3/c1-9-4-5-14-6-10(9)7-15-12-3-2-11(13)8-16-12/h2-6,8H,7H2,1H3,(H,15,16). The maximum Gasteiger partial charge on any atom is 0.126 e. The Morgan fingerprint density at radius 1 is 1.25 bits per heavy atom. The molecule has 0 bridgehead atoms. The van der Waals surface area contributed by atoms with Crippen LogP contribution < -0.4 is 5.32 Å². The van der Waals surface area contributed by atoms with Crippen molar-refractivity contribution in [2.45, 2.75) is 13.5 Å². The normalized spacial score (nSPS) is 10.1. The van der Waals surface area contributed by atoms with Gasteiger partial charge >= 0.3 is 0 Å². The Balaban J connectivity index is 2.02. The molecule has 4 heteroatoms. The molecule has 2 aromatic rings. The lowest BCUT2D eigenvalue weighted by Gasteiger charge is -2.07. The van der Waals surface area contributed by atoms with Gasteiger partial charge < -0.3 is 5.32 Å². The fraction of sp³-hybridized carbons (Fsp3) is 0.167. The first kappa shape index (κ1) is 10.9. The molecule has 3 nitrogen and oxygen atoms in total. The molecule has 2 rings (SSSR count). The van der Waals surface area contributed by atoms with Crippen LogP contribution in [0.1, 0.15) is 11.1 Å². The zero-order valence-electron chi connectivity index (χ0n) is 8.94. The fourth-order valence-electron chi connectivity index (χ4n) is 1.35. The number of halogens is 1. The second kappa shape index (κ2) is 4.94. The summed E-state index contributed by atoms with van der Waals surface area (Å²) in [5.41, 5.74) is 2.38. The van der Waals surface area contributed by atoms with Gasteiger partial charge in [0.05, 0.1) is 5.02 Å². The van der Waals surface area contributed by atoms with Gasteiger partial charge in [0, 0.05) is 25.1 Å². The molecule has 0 aliphatic rings. The van der Waals surface area contributed by atoms with Gasteiger partial charge in [-0.15, -0.1) is 0 Å². The van der Waals surface area contributed by atoms with Crippen LogP contribution in [0.2, 0.25) is 5.02 Å². The molecule has 0 amide bonds. The molecule has 16 heavy (non-hydrogen) atoms. The van der Waals surface area contributed by atoms with Crippen LogP contribution in [0.15, 0.2) is 36.8 Å². The van der Waals surface area contributed by atoms with Gasteiger partial charge in [0.2, 0.25) is 0 Å². The van der Waals surface area contributed by atoms with Gasteiger partial charge in [-0.25, -0.2) is 4.98 Å². The third-order valence-corrected chi connectivity index (χ3v) is 2.56. The number of aromatic nitrogens is 2. The van der Waals surface area contributed by atoms with Crippen molar-refractivity contribution in [1.29, 1.82) is 0 Å². The van der Waals surface area contributed by atoms with Gasteiger partial charge in [-0.05, 0) is 36.2 Å². The molecular formula is C12H12ClN3. The van der Waals surface area contributed by atoms with Crippen molar-refractivity contribution in [2.75, 3.05) is 5.32 Å². The zero-order valence-corrected chi connectivity index (χ0v) is 9.70. The van der Waals surface area contributed by atoms with Crippen LogP contribution in [0.5, 0.6) is 0 Å². The predicted molar refractivity (Wildman–Crippen MR) is 65.5 cm³/mol. The third kappa shape index (κ3) is 2.70. The summed E-state index contributed by atoms with van der Waals surface area (Å²) in [7, 11) is 0. The summed E-state index contributed by atoms with van der Waals surface area (Å²) < 4.78 is 0. The van der Waals surface area contributed by atoms with Crippen molar-refractivity contribution in [3.05, 3.63) is 52.9 Å². The lowest BCUT2D eigenvalue weighted by Crippen LogP contribution is -2.02. The molecule has 1 N–H and O–H groups in total. The highest BCUT2D eigenvalue weighted by molar-refractivity contribution is 6.30. The van der Waals surface area contributed by atoms with Crippen molar-refractivity contribution < 1.29 is 0 Å². The van der Waals surface area contributed by atoms with Crippen LogP contribution in [-0.2, 0) is 6.54 Å². The number of pyridine rings is 2. The van der Waals surface area contributed by atoms with Gasteiger partial charge in [0.1, 0.15) is 5.82 Å². The van der Waals surface area contributed by atoms with Crippen LogP contribution in [-0.4, -0.2) is 9.97 Å². The van der Waals surface area contributed by atoms with Crippen LogP contribution >= 0.6 is 11.6 Å². The summed E-state index contributed by atoms with van der Waals surface area (Å²) in [5.74, 6) is 0.813. The van der Waals surface area contributed by atoms with Crippen LogP contribution in [0.25, 0.3) is 0 Å². The maximum absolute atomic E-state index is 5.75. The fourth-order valence-corrected chi connectivity index (χ4v) is 1.46. The first-order chi connectivity index (χ1) is 7.75. The van der Waals surface area contributed by atoms with E-state index in [1.165, 1.54) is 11.1 Å². The molecule has 0 saturated carbocycles. The van der Waals surface area contributed by atoms with E-state index in [9.17, 15) is 0 Å². The first-order valence-electron chi connectivity index (χ1n) is 5.00. The van der Waals surface area contributed by atoms with E-state index in [0.29, 0.717) is 11.6 Å². The maximum atomic E-state index is 5.75. The van der Waals surface area contributed by atoms with E-state index in [4.69, 9.17) is 11.6 Å². The van der Waals surface area contributed by atoms with Crippen molar-refractivity contribution in [3.8, 4) is 0 Å². The second-order valence-electron chi connectivity index (χ2n) is 3.52. The molecule has 0 aromatic carbocycles. The van der Waals surface area contributed by atoms with E-state index < -0.39 is 0 Å². The van der Waals surface area contributed by atoms with Gasteiger partial charge in [0.15, 0.2) is 0 Å². The summed E-state index contributed by atoms with van der Waals surface area (Å²) in [4.78, 5) is 8.25. The second-order valence-corrected chi connectivity index (χ2v) is 3.95. The largest absolute Gasteiger partial charge is 0.366 e. The van der Waals surface area contributed by atoms with Crippen LogP contribution in [0, 0.1) is 6.92 Å². The molecule has 0 aliphatic carbocycles. The molecular weight excluding hydrogens is 222 g/mol. The number of nitrogens with zero attached hydrogens (tertiary/aromatic N) is 2. The zero-order chi connectivity index (χ0) is 11.4. The topological polar surface area (TPSA) is 37.8 Å². The van der Waals surface area contributed by atoms with Gasteiger partial charge in [-0.1, -0.05) is 11.6 Å². The monoisotopic (exact) mass is 233 g/mol. The van der Waals surface area contributed by atoms with E-state index in [-0.39, 0.29) is 0 Å². The Kier molecular flexibility index (Phi) is 3.37. The van der Waals surface area contributed by atoms with Crippen molar-refractivity contribution in [3.63, 3.8) is 0 Å². The Labute approximate surface area is 99.5 Å². The first-order valence-corrected chi connectivity index (χ1v) is 5.38. The Morgan fingerprint density at radius 2 is 2.12 bits per heavy atom. The number of hydrogen-bond donors (Lipinski definition) is 1. The quantitative estimate of drug-likeness (QED) is 0.886. The van der Waals surface area contributed by atoms with Gasteiger partial charge in [0.25, 0.3) is 0 Å². The third-order valence-electron chi connectivity index (χ3n) is 2.33. The van der Waals surface area contributed by atoms with Crippen LogP contribution in [0.4, 0.5) is 5.82 Å². The summed E-state index contributed by atoms with van der Waals surface area (Å²) in [5, 5.41) is 3.86. The molecule has 0 saturated heterocycles. The summed E-state index contributed by atoms with van der Waals surface area (Å²) in [6.45, 7) is 2.78. The molecule has 2 heterocycles. The highest BCUT2D eigenvalue weighted by atomic mass is 35.5. The average Bonchev–Trinajstić information content (AvgIpc) is 2.30. The molecule has 0 unspecified atom stereocenters. The number of aryl methyl sites for hydroxylation is 1. The summed E-state index contributed by atoms with van der Waals surface area (Å²) in [6.07, 6.45) is 5.28. The minimum absolute atomic E-state index is 0.642. The molecule has 0 aliphatic heterocycles. The number of hydrogen-bond acceptors (Lipinski definition) is 3. The number of anilines is 1. The van der Waals surface area contributed by atoms with Crippen LogP contribution in [0.3, 0.4) is 0 Å². The minimum atomic E-state index is 0.642. The molecule has 2 aromatic heterocycles. The van der Waals surface area contributed by atoms with Crippen molar-refractivity contribution in [2.24, 2.45) is 0 Å². The smallest absolute Gasteiger partial charge is 0.126 e. The molecule has 0 fully saturated rings. The molecule has 0 radical (unpaired) electrons. The highest BCUT2D eigenvalue weighted by Gasteiger charge is 1.98. The molecule has 0 atom stereocenters. The minimum Gasteiger partial charge on any atom is -0.366 e. The number of rotatable bonds is 3. The van der Waals surface area contributed by atoms with E-state index in [1.54, 1.807) is 12.4 Å². The molecule has 0 spiro atoms. The van der Waals surface area contributed by atoms with Crippen molar-refractivity contribution >= 4 is 17.4 Å². The predicted octanol–water partition coefficient (Wildman–Crippen LogP) is 3.05. The SMILES string of the molecule is Cc1ccncc1CNc1ccc(Cl)cn1. The van der Waals surface area contributed by atoms with Gasteiger partial charge in [-0.2, -0.15) is 0 Å². The van der Waals surface area contributed by atoms with Gasteiger partial charge in [-0.3, -0.25) is 4.98 Å². The van der Waals surface area contributed by atoms with E-state index in [0.717, 1.165) is 5.82 Å². The lowest BCUT2D eigenvalue weighted by atomic mass is 10.1. The lowest BCUT2D eigenvalue weighted by molar-refractivity contribution is 1.06. The summed E-state index contributed by atoms with van der Waals surface area (Å²) in [6, 6.07) is 5.66. The van der Waals surface area contributed by atoms with E-state index in [2.05, 4.69) is 22.2 Å². The average molecular weight is 234 g/mol. The number of nitrogens with one attached hydrogen (secondary N) is 1. The summed E-state index contributed by atoms with van der Waals surface area (Å²) >= 11 is 5.75. The Morgan fingerprint density at radius 3 is 2.81 bits per heavy atom. The Bertz CT molecular complexity index is 468. The van der Waals surface area contributed by atoms with E-state index in [1.807, 2.05) is 24.4 Å². The Hall–Kier alpha value is -1.61. The molecule has 82 valence electrons.